The van der Waals surface area contributed by atoms with Crippen LogP contribution in [0.25, 0.3) is 22.0 Å². The zero-order chi connectivity index (χ0) is 22.0. The molecule has 0 aliphatic carbocycles. The van der Waals surface area contributed by atoms with Crippen molar-refractivity contribution in [2.45, 2.75) is 32.6 Å². The topological polar surface area (TPSA) is 86.2 Å². The summed E-state index contributed by atoms with van der Waals surface area (Å²) in [5.41, 5.74) is 5.14. The van der Waals surface area contributed by atoms with Crippen LogP contribution in [0.3, 0.4) is 0 Å². The first-order valence-electron chi connectivity index (χ1n) is 9.43. The number of hydrogen-bond acceptors (Lipinski definition) is 5. The lowest BCUT2D eigenvalue weighted by Crippen LogP contribution is -2.11. The molecule has 0 saturated heterocycles. The molecular weight excluding hydrogens is 429 g/mol. The van der Waals surface area contributed by atoms with Crippen LogP contribution in [0.4, 0.5) is 0 Å². The molecule has 1 N–H and O–H groups in total. The Hall–Kier alpha value is -2.51. The molecule has 0 aliphatic heterocycles. The van der Waals surface area contributed by atoms with Crippen molar-refractivity contribution >= 4 is 46.0 Å². The lowest BCUT2D eigenvalue weighted by Gasteiger charge is -2.10. The Morgan fingerprint density at radius 2 is 2.00 bits per heavy atom. The van der Waals surface area contributed by atoms with Crippen molar-refractivity contribution < 1.29 is 19.1 Å². The van der Waals surface area contributed by atoms with Crippen molar-refractivity contribution in [2.24, 2.45) is 7.05 Å². The number of esters is 2. The van der Waals surface area contributed by atoms with Crippen molar-refractivity contribution in [1.82, 2.24) is 14.8 Å². The molecule has 7 nitrogen and oxygen atoms in total. The minimum absolute atomic E-state index is 0.242. The van der Waals surface area contributed by atoms with Gasteiger partial charge in [-0.15, -0.1) is 11.6 Å². The van der Waals surface area contributed by atoms with E-state index in [0.717, 1.165) is 39.0 Å². The maximum atomic E-state index is 12.6. The predicted molar refractivity (Wildman–Crippen MR) is 116 cm³/mol. The third-order valence-corrected chi connectivity index (χ3v) is 5.65. The molecule has 2 heterocycles. The van der Waals surface area contributed by atoms with Gasteiger partial charge in [-0.3, -0.25) is 9.89 Å². The molecule has 160 valence electrons. The van der Waals surface area contributed by atoms with E-state index < -0.39 is 5.97 Å². The summed E-state index contributed by atoms with van der Waals surface area (Å²) in [7, 11) is 3.15. The summed E-state index contributed by atoms with van der Waals surface area (Å²) in [4.78, 5) is 23.7. The molecule has 9 heteroatoms. The number of halogens is 2. The molecule has 0 atom stereocenters. The fourth-order valence-corrected chi connectivity index (χ4v) is 4.26. The first-order valence-corrected chi connectivity index (χ1v) is 10.3. The normalized spacial score (nSPS) is 11.1. The van der Waals surface area contributed by atoms with Crippen molar-refractivity contribution in [3.8, 4) is 11.1 Å². The van der Waals surface area contributed by atoms with Crippen molar-refractivity contribution in [3.63, 3.8) is 0 Å². The lowest BCUT2D eigenvalue weighted by atomic mass is 9.98. The minimum Gasteiger partial charge on any atom is -0.466 e. The van der Waals surface area contributed by atoms with Gasteiger partial charge in [-0.25, -0.2) is 4.79 Å². The number of hydrogen-bond donors (Lipinski definition) is 1. The summed E-state index contributed by atoms with van der Waals surface area (Å²) in [5, 5.41) is 8.64. The standard InChI is InChI=1S/C21H23Cl2N3O4/c1-11-17(16(10-22)25-24-11)18-15(23)8-7-14-13(6-5-9-30-12(2)27)20(21(28)29-4)26(3)19(14)18/h7-8H,5-6,9-10H2,1-4H3,(H,24,25). The number of carbonyl (C=O) groups is 2. The van der Waals surface area contributed by atoms with Crippen LogP contribution in [0.5, 0.6) is 0 Å². The molecule has 3 rings (SSSR count). The van der Waals surface area contributed by atoms with Crippen LogP contribution in [0, 0.1) is 6.92 Å². The minimum atomic E-state index is -0.445. The molecule has 0 saturated carbocycles. The van der Waals surface area contributed by atoms with Gasteiger partial charge in [-0.05, 0) is 31.4 Å². The van der Waals surface area contributed by atoms with Gasteiger partial charge in [0, 0.05) is 30.5 Å². The molecule has 30 heavy (non-hydrogen) atoms. The Balaban J connectivity index is 2.25. The maximum absolute atomic E-state index is 12.6. The van der Waals surface area contributed by atoms with Gasteiger partial charge in [0.05, 0.1) is 41.5 Å². The third kappa shape index (κ3) is 3.91. The largest absolute Gasteiger partial charge is 0.466 e. The highest BCUT2D eigenvalue weighted by Crippen LogP contribution is 2.41. The Morgan fingerprint density at radius 1 is 1.27 bits per heavy atom. The average molecular weight is 452 g/mol. The first-order chi connectivity index (χ1) is 14.3. The van der Waals surface area contributed by atoms with Crippen LogP contribution in [0.1, 0.15) is 40.8 Å². The highest BCUT2D eigenvalue weighted by atomic mass is 35.5. The van der Waals surface area contributed by atoms with Crippen LogP contribution < -0.4 is 0 Å². The van der Waals surface area contributed by atoms with E-state index in [1.807, 2.05) is 13.0 Å². The summed E-state index contributed by atoms with van der Waals surface area (Å²) in [5.74, 6) is -0.536. The number of aromatic amines is 1. The highest BCUT2D eigenvalue weighted by Gasteiger charge is 2.26. The number of fused-ring (bicyclic) bond motifs is 1. The second kappa shape index (κ2) is 9.10. The van der Waals surface area contributed by atoms with Gasteiger partial charge >= 0.3 is 11.9 Å². The number of rotatable bonds is 7. The zero-order valence-corrected chi connectivity index (χ0v) is 18.8. The summed E-state index contributed by atoms with van der Waals surface area (Å²) >= 11 is 12.8. The lowest BCUT2D eigenvalue weighted by molar-refractivity contribution is -0.141. The van der Waals surface area contributed by atoms with Crippen LogP contribution in [-0.2, 0) is 33.6 Å². The number of carbonyl (C=O) groups excluding carboxylic acids is 2. The molecule has 0 radical (unpaired) electrons. The average Bonchev–Trinajstić information content (AvgIpc) is 3.22. The molecule has 2 aromatic heterocycles. The third-order valence-electron chi connectivity index (χ3n) is 5.07. The van der Waals surface area contributed by atoms with Crippen molar-refractivity contribution in [1.29, 1.82) is 0 Å². The maximum Gasteiger partial charge on any atom is 0.354 e. The van der Waals surface area contributed by atoms with E-state index in [1.54, 1.807) is 17.7 Å². The summed E-state index contributed by atoms with van der Waals surface area (Å²) in [6.07, 6.45) is 1.10. The van der Waals surface area contributed by atoms with Gasteiger partial charge in [-0.2, -0.15) is 5.10 Å². The molecule has 0 unspecified atom stereocenters. The number of benzene rings is 1. The van der Waals surface area contributed by atoms with Crippen molar-refractivity contribution in [3.05, 3.63) is 39.8 Å². The van der Waals surface area contributed by atoms with Gasteiger partial charge in [0.15, 0.2) is 0 Å². The summed E-state index contributed by atoms with van der Waals surface area (Å²) in [6.45, 7) is 3.51. The van der Waals surface area contributed by atoms with E-state index in [4.69, 9.17) is 32.7 Å². The Bertz CT molecular complexity index is 1120. The molecule has 1 aromatic carbocycles. The second-order valence-corrected chi connectivity index (χ2v) is 7.61. The number of aromatic nitrogens is 3. The van der Waals surface area contributed by atoms with Crippen LogP contribution in [0.2, 0.25) is 5.02 Å². The van der Waals surface area contributed by atoms with E-state index in [-0.39, 0.29) is 18.5 Å². The van der Waals surface area contributed by atoms with E-state index in [2.05, 4.69) is 10.2 Å². The number of nitrogens with zero attached hydrogens (tertiary/aromatic N) is 2. The predicted octanol–water partition coefficient (Wildman–Crippen LogP) is 4.55. The van der Waals surface area contributed by atoms with Gasteiger partial charge in [-0.1, -0.05) is 17.7 Å². The number of aryl methyl sites for hydroxylation is 3. The second-order valence-electron chi connectivity index (χ2n) is 6.94. The number of alkyl halides is 1. The Kier molecular flexibility index (Phi) is 6.73. The van der Waals surface area contributed by atoms with Gasteiger partial charge < -0.3 is 14.0 Å². The van der Waals surface area contributed by atoms with E-state index >= 15 is 0 Å². The number of ether oxygens (including phenoxy) is 2. The Morgan fingerprint density at radius 3 is 2.63 bits per heavy atom. The Labute approximate surface area is 184 Å². The van der Waals surface area contributed by atoms with E-state index in [9.17, 15) is 9.59 Å². The molecule has 0 aliphatic rings. The SMILES string of the molecule is COC(=O)c1c(CCCOC(C)=O)c2ccc(Cl)c(-c3c(C)n[nH]c3CCl)c2n1C. The number of methoxy groups -OCH3 is 1. The fourth-order valence-electron chi connectivity index (χ4n) is 3.82. The molecule has 0 spiro atoms. The summed E-state index contributed by atoms with van der Waals surface area (Å²) < 4.78 is 11.9. The molecule has 3 aromatic rings. The smallest absolute Gasteiger partial charge is 0.354 e. The highest BCUT2D eigenvalue weighted by molar-refractivity contribution is 6.35. The van der Waals surface area contributed by atoms with E-state index in [1.165, 1.54) is 14.0 Å². The number of H-pyrrole nitrogens is 1. The van der Waals surface area contributed by atoms with Crippen LogP contribution in [-0.4, -0.2) is 40.4 Å². The van der Waals surface area contributed by atoms with Gasteiger partial charge in [0.1, 0.15) is 5.69 Å². The van der Waals surface area contributed by atoms with Crippen LogP contribution in [0.15, 0.2) is 12.1 Å². The molecule has 0 bridgehead atoms. The molecule has 0 amide bonds. The summed E-state index contributed by atoms with van der Waals surface area (Å²) in [6, 6.07) is 3.70. The number of nitrogens with one attached hydrogen (secondary N) is 1. The zero-order valence-electron chi connectivity index (χ0n) is 17.3. The molecular formula is C21H23Cl2N3O4. The van der Waals surface area contributed by atoms with Crippen LogP contribution >= 0.6 is 23.2 Å². The van der Waals surface area contributed by atoms with Gasteiger partial charge in [0.25, 0.3) is 0 Å². The molecule has 0 fully saturated rings. The van der Waals surface area contributed by atoms with Gasteiger partial charge in [0.2, 0.25) is 0 Å². The van der Waals surface area contributed by atoms with Crippen molar-refractivity contribution in [2.75, 3.05) is 13.7 Å². The van der Waals surface area contributed by atoms with E-state index in [0.29, 0.717) is 23.6 Å². The fraction of sp³-hybridized carbons (Fsp3) is 0.381. The quantitative estimate of drug-likeness (QED) is 0.323. The first kappa shape index (κ1) is 22.2. The monoisotopic (exact) mass is 451 g/mol.